The molecule has 0 amide bonds. The van der Waals surface area contributed by atoms with Crippen molar-refractivity contribution in [1.29, 1.82) is 0 Å². The maximum absolute atomic E-state index is 10.9. The van der Waals surface area contributed by atoms with Crippen LogP contribution in [0.1, 0.15) is 16.1 Å². The van der Waals surface area contributed by atoms with E-state index in [1.54, 1.807) is 18.2 Å². The van der Waals surface area contributed by atoms with Crippen LogP contribution in [0.15, 0.2) is 32.8 Å². The largest absolute Gasteiger partial charge is 0.478 e. The number of hydrogen-bond acceptors (Lipinski definition) is 4. The van der Waals surface area contributed by atoms with Crippen molar-refractivity contribution in [2.75, 3.05) is 0 Å². The molecule has 0 aliphatic heterocycles. The van der Waals surface area contributed by atoms with Gasteiger partial charge >= 0.3 is 5.97 Å². The molecule has 3 nitrogen and oxygen atoms in total. The summed E-state index contributed by atoms with van der Waals surface area (Å²) >= 11 is 8.76. The predicted octanol–water partition coefficient (Wildman–Crippen LogP) is 3.95. The molecule has 1 heterocycles. The number of aromatic nitrogens is 1. The van der Waals surface area contributed by atoms with E-state index in [1.807, 2.05) is 12.3 Å². The number of halogens is 1. The molecule has 1 aromatic carbocycles. The fourth-order valence-corrected chi connectivity index (χ4v) is 3.26. The summed E-state index contributed by atoms with van der Waals surface area (Å²) in [6.45, 7) is 1.92. The molecular weight excluding hydrogens is 278 g/mol. The smallest absolute Gasteiger partial charge is 0.337 e. The molecule has 0 aliphatic rings. The molecule has 0 aliphatic carbocycles. The van der Waals surface area contributed by atoms with Gasteiger partial charge in [0.1, 0.15) is 0 Å². The Morgan fingerprint density at radius 3 is 2.88 bits per heavy atom. The lowest BCUT2D eigenvalue weighted by Gasteiger charge is -2.02. The Morgan fingerprint density at radius 1 is 1.53 bits per heavy atom. The van der Waals surface area contributed by atoms with Crippen molar-refractivity contribution >= 4 is 40.7 Å². The van der Waals surface area contributed by atoms with Gasteiger partial charge in [0.25, 0.3) is 0 Å². The fraction of sp³-hybridized carbons (Fsp3) is 0.0909. The van der Waals surface area contributed by atoms with Crippen molar-refractivity contribution in [2.45, 2.75) is 16.2 Å². The highest BCUT2D eigenvalue weighted by molar-refractivity contribution is 8.01. The first-order chi connectivity index (χ1) is 8.06. The Bertz CT molecular complexity index is 568. The quantitative estimate of drug-likeness (QED) is 0.927. The van der Waals surface area contributed by atoms with Gasteiger partial charge in [-0.05, 0) is 25.1 Å². The minimum atomic E-state index is -1.02. The molecule has 6 heteroatoms. The number of carboxylic acid groups (broad SMARTS) is 1. The monoisotopic (exact) mass is 285 g/mol. The summed E-state index contributed by atoms with van der Waals surface area (Å²) in [5.41, 5.74) is 1.08. The summed E-state index contributed by atoms with van der Waals surface area (Å²) in [5, 5.41) is 11.2. The third-order valence-electron chi connectivity index (χ3n) is 1.97. The minimum Gasteiger partial charge on any atom is -0.478 e. The first-order valence-corrected chi connectivity index (χ1v) is 6.76. The molecule has 0 bridgehead atoms. The summed E-state index contributed by atoms with van der Waals surface area (Å²) in [4.78, 5) is 16.0. The minimum absolute atomic E-state index is 0.116. The van der Waals surface area contributed by atoms with Gasteiger partial charge in [0.05, 0.1) is 10.6 Å². The number of hydrogen-bond donors (Lipinski definition) is 1. The molecule has 1 aromatic heterocycles. The Hall–Kier alpha value is -1.04. The van der Waals surface area contributed by atoms with E-state index in [4.69, 9.17) is 16.7 Å². The van der Waals surface area contributed by atoms with Crippen LogP contribution in [0.2, 0.25) is 5.02 Å². The zero-order valence-electron chi connectivity index (χ0n) is 8.81. The third-order valence-corrected chi connectivity index (χ3v) is 4.35. The average molecular weight is 286 g/mol. The SMILES string of the molecule is Cc1csc(Sc2ccc(Cl)c(C(=O)O)c2)n1. The van der Waals surface area contributed by atoms with Crippen LogP contribution in [0.5, 0.6) is 0 Å². The molecule has 0 unspecified atom stereocenters. The maximum Gasteiger partial charge on any atom is 0.337 e. The molecule has 0 radical (unpaired) electrons. The third kappa shape index (κ3) is 3.00. The molecule has 88 valence electrons. The second-order valence-corrected chi connectivity index (χ2v) is 5.89. The summed E-state index contributed by atoms with van der Waals surface area (Å²) in [7, 11) is 0. The van der Waals surface area contributed by atoms with Crippen LogP contribution < -0.4 is 0 Å². The first kappa shape index (κ1) is 12.4. The summed E-state index contributed by atoms with van der Waals surface area (Å²) in [6, 6.07) is 4.94. The normalized spacial score (nSPS) is 10.5. The van der Waals surface area contributed by atoms with Crippen molar-refractivity contribution in [3.05, 3.63) is 39.9 Å². The van der Waals surface area contributed by atoms with Gasteiger partial charge in [-0.2, -0.15) is 0 Å². The lowest BCUT2D eigenvalue weighted by molar-refractivity contribution is 0.0697. The molecule has 0 fully saturated rings. The average Bonchev–Trinajstić information content (AvgIpc) is 2.66. The standard InChI is InChI=1S/C11H8ClNO2S2/c1-6-5-16-11(13-6)17-7-2-3-9(12)8(4-7)10(14)15/h2-5H,1H3,(H,14,15). The zero-order valence-corrected chi connectivity index (χ0v) is 11.2. The van der Waals surface area contributed by atoms with Crippen LogP contribution in [-0.4, -0.2) is 16.1 Å². The van der Waals surface area contributed by atoms with Gasteiger partial charge in [0, 0.05) is 16.0 Å². The Labute approximate surface area is 111 Å². The van der Waals surface area contributed by atoms with Crippen LogP contribution in [0.4, 0.5) is 0 Å². The number of benzene rings is 1. The lowest BCUT2D eigenvalue weighted by Crippen LogP contribution is -1.97. The van der Waals surface area contributed by atoms with Crippen molar-refractivity contribution in [1.82, 2.24) is 4.98 Å². The molecule has 0 saturated heterocycles. The number of carboxylic acids is 1. The lowest BCUT2D eigenvalue weighted by atomic mass is 10.2. The van der Waals surface area contributed by atoms with Crippen LogP contribution in [0, 0.1) is 6.92 Å². The second-order valence-electron chi connectivity index (χ2n) is 3.30. The predicted molar refractivity (Wildman–Crippen MR) is 69.4 cm³/mol. The van der Waals surface area contributed by atoms with Crippen LogP contribution in [-0.2, 0) is 0 Å². The number of aryl methyl sites for hydroxylation is 1. The fourth-order valence-electron chi connectivity index (χ4n) is 1.21. The number of carbonyl (C=O) groups is 1. The van der Waals surface area contributed by atoms with Crippen LogP contribution >= 0.6 is 34.7 Å². The van der Waals surface area contributed by atoms with Crippen molar-refractivity contribution in [3.63, 3.8) is 0 Å². The number of rotatable bonds is 3. The Balaban J connectivity index is 2.28. The van der Waals surface area contributed by atoms with E-state index in [0.29, 0.717) is 0 Å². The van der Waals surface area contributed by atoms with E-state index in [9.17, 15) is 4.79 Å². The molecule has 0 spiro atoms. The van der Waals surface area contributed by atoms with Gasteiger partial charge in [-0.25, -0.2) is 9.78 Å². The van der Waals surface area contributed by atoms with Crippen LogP contribution in [0.3, 0.4) is 0 Å². The summed E-state index contributed by atoms with van der Waals surface area (Å²) in [5.74, 6) is -1.02. The van der Waals surface area contributed by atoms with Gasteiger partial charge in [-0.3, -0.25) is 0 Å². The maximum atomic E-state index is 10.9. The molecule has 0 saturated carbocycles. The van der Waals surface area contributed by atoms with E-state index in [0.717, 1.165) is 14.9 Å². The molecule has 2 rings (SSSR count). The van der Waals surface area contributed by atoms with E-state index in [1.165, 1.54) is 23.1 Å². The molecule has 2 aromatic rings. The van der Waals surface area contributed by atoms with E-state index in [-0.39, 0.29) is 10.6 Å². The van der Waals surface area contributed by atoms with E-state index < -0.39 is 5.97 Å². The Kier molecular flexibility index (Phi) is 3.71. The van der Waals surface area contributed by atoms with E-state index in [2.05, 4.69) is 4.98 Å². The highest BCUT2D eigenvalue weighted by Gasteiger charge is 2.10. The van der Waals surface area contributed by atoms with Crippen molar-refractivity contribution in [3.8, 4) is 0 Å². The van der Waals surface area contributed by atoms with Gasteiger partial charge in [0.15, 0.2) is 4.34 Å². The highest BCUT2D eigenvalue weighted by atomic mass is 35.5. The number of nitrogens with zero attached hydrogens (tertiary/aromatic N) is 1. The molecular formula is C11H8ClNO2S2. The second kappa shape index (κ2) is 5.08. The Morgan fingerprint density at radius 2 is 2.29 bits per heavy atom. The molecule has 0 atom stereocenters. The number of aromatic carboxylic acids is 1. The molecule has 1 N–H and O–H groups in total. The van der Waals surface area contributed by atoms with Gasteiger partial charge in [-0.15, -0.1) is 11.3 Å². The van der Waals surface area contributed by atoms with Crippen LogP contribution in [0.25, 0.3) is 0 Å². The summed E-state index contributed by atoms with van der Waals surface area (Å²) < 4.78 is 0.890. The van der Waals surface area contributed by atoms with Gasteiger partial charge < -0.3 is 5.11 Å². The topological polar surface area (TPSA) is 50.2 Å². The van der Waals surface area contributed by atoms with Gasteiger partial charge in [0.2, 0.25) is 0 Å². The van der Waals surface area contributed by atoms with Gasteiger partial charge in [-0.1, -0.05) is 23.4 Å². The highest BCUT2D eigenvalue weighted by Crippen LogP contribution is 2.32. The van der Waals surface area contributed by atoms with E-state index >= 15 is 0 Å². The number of thiazole rings is 1. The van der Waals surface area contributed by atoms with Crippen molar-refractivity contribution < 1.29 is 9.90 Å². The molecule has 17 heavy (non-hydrogen) atoms. The first-order valence-electron chi connectivity index (χ1n) is 4.69. The zero-order chi connectivity index (χ0) is 12.4. The summed E-state index contributed by atoms with van der Waals surface area (Å²) in [6.07, 6.45) is 0. The van der Waals surface area contributed by atoms with Crippen molar-refractivity contribution in [2.24, 2.45) is 0 Å².